The summed E-state index contributed by atoms with van der Waals surface area (Å²) in [4.78, 5) is 0. The third-order valence-electron chi connectivity index (χ3n) is 0.567. The van der Waals surface area contributed by atoms with Crippen LogP contribution < -0.4 is 0 Å². The van der Waals surface area contributed by atoms with Crippen LogP contribution in [0.5, 0.6) is 0 Å². The molecule has 0 aliphatic heterocycles. The summed E-state index contributed by atoms with van der Waals surface area (Å²) in [6.45, 7) is 0. The molecule has 0 aromatic carbocycles. The van der Waals surface area contributed by atoms with Crippen molar-refractivity contribution in [2.24, 2.45) is 0 Å². The van der Waals surface area contributed by atoms with Gasteiger partial charge in [0, 0.05) is 0 Å². The minimum atomic E-state index is -6.09. The summed E-state index contributed by atoms with van der Waals surface area (Å²) in [5, 5.41) is 0. The molecule has 0 aromatic rings. The van der Waals surface area contributed by atoms with E-state index < -0.39 is 31.3 Å². The predicted molar refractivity (Wildman–Crippen MR) is 44.5 cm³/mol. The summed E-state index contributed by atoms with van der Waals surface area (Å²) in [5.41, 5.74) is -11.3. The van der Waals surface area contributed by atoms with Gasteiger partial charge in [-0.3, -0.25) is 0 Å². The first-order chi connectivity index (χ1) is 6.50. The summed E-state index contributed by atoms with van der Waals surface area (Å²) < 4.78 is 118. The van der Waals surface area contributed by atoms with Crippen molar-refractivity contribution in [3.05, 3.63) is 0 Å². The van der Waals surface area contributed by atoms with Crippen LogP contribution in [0.4, 0.5) is 26.3 Å². The van der Waals surface area contributed by atoms with Crippen LogP contribution in [0.15, 0.2) is 0 Å². The SMILES string of the molecule is O.O.O=S(=O)([O-])C(F)(F)F.O=S(=O)([O-])C(F)(F)F.[Mg+2]. The maximum Gasteiger partial charge on any atom is 2.00 e. The summed E-state index contributed by atoms with van der Waals surface area (Å²) in [5.74, 6) is 0. The van der Waals surface area contributed by atoms with E-state index in [0.29, 0.717) is 0 Å². The Morgan fingerprint density at radius 3 is 0.684 bits per heavy atom. The van der Waals surface area contributed by atoms with Gasteiger partial charge in [0.1, 0.15) is 0 Å². The molecule has 0 saturated carbocycles. The standard InChI is InChI=1S/2CHF3O3S.Mg.2H2O/c2*2-1(3,4)8(5,6)7;;;/h2*(H,5,6,7);;2*1H2/q;;+2;;/p-2. The third kappa shape index (κ3) is 14.3. The molecular formula is C2H4F6MgO8S2. The second-order valence-electron chi connectivity index (χ2n) is 1.80. The fourth-order valence-electron chi connectivity index (χ4n) is 0. The van der Waals surface area contributed by atoms with Gasteiger partial charge in [-0.2, -0.15) is 26.3 Å². The molecule has 0 aliphatic carbocycles. The van der Waals surface area contributed by atoms with Crippen LogP contribution in [-0.4, -0.2) is 71.0 Å². The van der Waals surface area contributed by atoms with E-state index in [1.54, 1.807) is 0 Å². The van der Waals surface area contributed by atoms with Crippen molar-refractivity contribution < 1.29 is 63.2 Å². The summed E-state index contributed by atoms with van der Waals surface area (Å²) >= 11 is 0. The van der Waals surface area contributed by atoms with E-state index in [1.165, 1.54) is 0 Å². The zero-order valence-corrected chi connectivity index (χ0v) is 11.3. The summed E-state index contributed by atoms with van der Waals surface area (Å²) in [7, 11) is -12.2. The number of hydrogen-bond donors (Lipinski definition) is 0. The molecule has 17 heteroatoms. The molecule has 0 radical (unpaired) electrons. The minimum absolute atomic E-state index is 0. The average molecular weight is 358 g/mol. The van der Waals surface area contributed by atoms with Crippen molar-refractivity contribution in [3.8, 4) is 0 Å². The van der Waals surface area contributed by atoms with Crippen LogP contribution in [-0.2, 0) is 20.2 Å². The number of rotatable bonds is 0. The fourth-order valence-corrected chi connectivity index (χ4v) is 0. The summed E-state index contributed by atoms with van der Waals surface area (Å²) in [6, 6.07) is 0. The third-order valence-corrected chi connectivity index (χ3v) is 1.70. The van der Waals surface area contributed by atoms with Gasteiger partial charge in [-0.15, -0.1) is 0 Å². The van der Waals surface area contributed by atoms with Gasteiger partial charge >= 0.3 is 34.1 Å². The molecular weight excluding hydrogens is 354 g/mol. The van der Waals surface area contributed by atoms with Gasteiger partial charge in [-0.25, -0.2) is 16.8 Å². The molecule has 0 fully saturated rings. The number of halogens is 6. The molecule has 0 bridgehead atoms. The van der Waals surface area contributed by atoms with Crippen molar-refractivity contribution in [3.63, 3.8) is 0 Å². The molecule has 116 valence electrons. The van der Waals surface area contributed by atoms with Gasteiger partial charge in [-0.1, -0.05) is 0 Å². The van der Waals surface area contributed by atoms with E-state index in [2.05, 4.69) is 0 Å². The van der Waals surface area contributed by atoms with Crippen LogP contribution in [0.1, 0.15) is 0 Å². The summed E-state index contributed by atoms with van der Waals surface area (Å²) in [6.07, 6.45) is 0. The van der Waals surface area contributed by atoms with E-state index in [0.717, 1.165) is 0 Å². The zero-order valence-electron chi connectivity index (χ0n) is 8.24. The Kier molecular flexibility index (Phi) is 15.1. The van der Waals surface area contributed by atoms with Gasteiger partial charge in [0.25, 0.3) is 0 Å². The van der Waals surface area contributed by atoms with Crippen molar-refractivity contribution in [2.75, 3.05) is 0 Å². The minimum Gasteiger partial charge on any atom is -0.741 e. The van der Waals surface area contributed by atoms with Crippen molar-refractivity contribution in [1.29, 1.82) is 0 Å². The van der Waals surface area contributed by atoms with E-state index in [4.69, 9.17) is 25.9 Å². The van der Waals surface area contributed by atoms with Crippen LogP contribution in [0.25, 0.3) is 0 Å². The fraction of sp³-hybridized carbons (Fsp3) is 1.00. The second-order valence-corrected chi connectivity index (χ2v) is 4.54. The maximum absolute atomic E-state index is 10.7. The zero-order chi connectivity index (χ0) is 14.0. The van der Waals surface area contributed by atoms with Crippen LogP contribution in [0.2, 0.25) is 0 Å². The van der Waals surface area contributed by atoms with E-state index in [9.17, 15) is 26.3 Å². The van der Waals surface area contributed by atoms with Gasteiger partial charge in [-0.05, 0) is 0 Å². The van der Waals surface area contributed by atoms with Crippen LogP contribution in [0, 0.1) is 0 Å². The Labute approximate surface area is 118 Å². The predicted octanol–water partition coefficient (Wildman–Crippen LogP) is -1.93. The largest absolute Gasteiger partial charge is 2.00 e. The Balaban J connectivity index is -0.0000000594. The van der Waals surface area contributed by atoms with Crippen LogP contribution in [0.3, 0.4) is 0 Å². The normalized spacial score (nSPS) is 11.8. The molecule has 0 amide bonds. The molecule has 8 nitrogen and oxygen atoms in total. The molecule has 19 heavy (non-hydrogen) atoms. The van der Waals surface area contributed by atoms with Crippen molar-refractivity contribution in [2.45, 2.75) is 11.0 Å². The topological polar surface area (TPSA) is 177 Å². The van der Waals surface area contributed by atoms with Gasteiger partial charge in [0.05, 0.1) is 0 Å². The van der Waals surface area contributed by atoms with Gasteiger partial charge < -0.3 is 20.1 Å². The van der Waals surface area contributed by atoms with E-state index >= 15 is 0 Å². The monoisotopic (exact) mass is 358 g/mol. The quantitative estimate of drug-likeness (QED) is 0.210. The molecule has 0 aromatic heterocycles. The Morgan fingerprint density at radius 2 is 0.684 bits per heavy atom. The van der Waals surface area contributed by atoms with Crippen molar-refractivity contribution in [1.82, 2.24) is 0 Å². The first-order valence-corrected chi connectivity index (χ1v) is 5.36. The number of hydrogen-bond acceptors (Lipinski definition) is 6. The number of alkyl halides is 6. The second kappa shape index (κ2) is 9.10. The Morgan fingerprint density at radius 1 is 0.632 bits per heavy atom. The Bertz CT molecular complexity index is 377. The molecule has 4 N–H and O–H groups in total. The first-order valence-electron chi connectivity index (χ1n) is 2.54. The van der Waals surface area contributed by atoms with Gasteiger partial charge in [0.2, 0.25) is 0 Å². The molecule has 0 aliphatic rings. The molecule has 0 heterocycles. The smallest absolute Gasteiger partial charge is 0.741 e. The molecule has 0 rings (SSSR count). The van der Waals surface area contributed by atoms with Gasteiger partial charge in [0.15, 0.2) is 20.2 Å². The van der Waals surface area contributed by atoms with E-state index in [1.807, 2.05) is 0 Å². The first kappa shape index (κ1) is 31.5. The maximum atomic E-state index is 10.7. The molecule has 0 saturated heterocycles. The molecule has 0 unspecified atom stereocenters. The molecule has 0 atom stereocenters. The van der Waals surface area contributed by atoms with E-state index in [-0.39, 0.29) is 34.0 Å². The molecule has 0 spiro atoms. The Hall–Kier alpha value is 0.0862. The average Bonchev–Trinajstić information content (AvgIpc) is 1.77. The van der Waals surface area contributed by atoms with Crippen LogP contribution >= 0.6 is 0 Å². The van der Waals surface area contributed by atoms with Crippen molar-refractivity contribution >= 4 is 43.3 Å².